The number of para-hydroxylation sites is 1. The van der Waals surface area contributed by atoms with Crippen molar-refractivity contribution in [2.45, 2.75) is 13.3 Å². The van der Waals surface area contributed by atoms with Gasteiger partial charge in [0.2, 0.25) is 11.8 Å². The Kier molecular flexibility index (Phi) is 5.52. The maximum Gasteiger partial charge on any atom is 0.249 e. The Hall–Kier alpha value is -3.99. The van der Waals surface area contributed by atoms with Crippen LogP contribution in [0.25, 0.3) is 21.5 Å². The van der Waals surface area contributed by atoms with Crippen LogP contribution in [-0.4, -0.2) is 18.0 Å². The number of nitrogens with one attached hydrogen (secondary N) is 2. The van der Waals surface area contributed by atoms with E-state index in [9.17, 15) is 9.59 Å². The largest absolute Gasteiger partial charge is 0.325 e. The molecule has 0 unspecified atom stereocenters. The molecule has 0 aliphatic carbocycles. The molecule has 4 rings (SSSR count). The third kappa shape index (κ3) is 4.20. The highest BCUT2D eigenvalue weighted by Gasteiger charge is 2.10. The van der Waals surface area contributed by atoms with Gasteiger partial charge in [-0.15, -0.1) is 0 Å². The first kappa shape index (κ1) is 19.3. The lowest BCUT2D eigenvalue weighted by molar-refractivity contribution is -0.126. The monoisotopic (exact) mass is 395 g/mol. The van der Waals surface area contributed by atoms with Crippen molar-refractivity contribution in [1.29, 1.82) is 0 Å². The topological polar surface area (TPSA) is 70.6 Å². The number of aryl methyl sites for hydroxylation is 1. The molecule has 2 N–H and O–H groups in total. The maximum absolute atomic E-state index is 12.2. The lowest BCUT2D eigenvalue weighted by Crippen LogP contribution is -2.24. The maximum atomic E-state index is 12.2. The molecule has 0 spiro atoms. The van der Waals surface area contributed by atoms with Crippen LogP contribution in [0, 0.1) is 6.92 Å². The second-order valence-electron chi connectivity index (χ2n) is 7.07. The van der Waals surface area contributed by atoms with Crippen LogP contribution in [0.2, 0.25) is 0 Å². The third-order valence-electron chi connectivity index (χ3n) is 4.94. The summed E-state index contributed by atoms with van der Waals surface area (Å²) in [7, 11) is 0. The summed E-state index contributed by atoms with van der Waals surface area (Å²) in [5, 5.41) is 11.2. The molecule has 4 aromatic rings. The number of nitrogens with zero attached hydrogens (tertiary/aromatic N) is 1. The molecule has 0 aliphatic rings. The molecule has 4 aromatic carbocycles. The molecule has 0 aliphatic heterocycles. The zero-order chi connectivity index (χ0) is 20.9. The summed E-state index contributed by atoms with van der Waals surface area (Å²) >= 11 is 0. The molecule has 0 saturated carbocycles. The van der Waals surface area contributed by atoms with E-state index in [1.165, 1.54) is 0 Å². The highest BCUT2D eigenvalue weighted by molar-refractivity contribution is 6.13. The first-order valence-electron chi connectivity index (χ1n) is 9.70. The first-order valence-corrected chi connectivity index (χ1v) is 9.70. The number of fused-ring (bicyclic) bond motifs is 2. The van der Waals surface area contributed by atoms with Crippen LogP contribution in [0.4, 0.5) is 5.69 Å². The molecule has 0 heterocycles. The molecule has 148 valence electrons. The van der Waals surface area contributed by atoms with E-state index >= 15 is 0 Å². The first-order chi connectivity index (χ1) is 14.6. The average molecular weight is 395 g/mol. The number of hydrazone groups is 1. The van der Waals surface area contributed by atoms with Crippen molar-refractivity contribution in [2.24, 2.45) is 5.10 Å². The fraction of sp³-hybridized carbons (Fsp3) is 0.0800. The second kappa shape index (κ2) is 8.57. The van der Waals surface area contributed by atoms with E-state index in [1.54, 1.807) is 12.3 Å². The van der Waals surface area contributed by atoms with Gasteiger partial charge in [-0.3, -0.25) is 9.59 Å². The standard InChI is InChI=1S/C25H21N3O2/c1-17-8-2-7-13-23(17)27-24(29)15-25(30)28-26-16-22-20-11-5-3-9-18(20)14-19-10-4-6-12-21(19)22/h2-14,16H,15H2,1H3,(H,27,29)(H,28,30). The predicted molar refractivity (Wildman–Crippen MR) is 122 cm³/mol. The molecule has 0 aromatic heterocycles. The van der Waals surface area contributed by atoms with Crippen molar-refractivity contribution in [3.05, 3.63) is 90.0 Å². The SMILES string of the molecule is Cc1ccccc1NC(=O)CC(=O)NN=Cc1c2ccccc2cc2ccccc12. The van der Waals surface area contributed by atoms with E-state index < -0.39 is 5.91 Å². The summed E-state index contributed by atoms with van der Waals surface area (Å²) < 4.78 is 0. The molecule has 30 heavy (non-hydrogen) atoms. The molecule has 0 bridgehead atoms. The molecule has 0 radical (unpaired) electrons. The summed E-state index contributed by atoms with van der Waals surface area (Å²) in [6.45, 7) is 1.90. The fourth-order valence-corrected chi connectivity index (χ4v) is 3.45. The van der Waals surface area contributed by atoms with E-state index in [0.717, 1.165) is 32.7 Å². The van der Waals surface area contributed by atoms with E-state index in [1.807, 2.05) is 73.7 Å². The number of rotatable bonds is 5. The molecular formula is C25H21N3O2. The number of hydrogen-bond acceptors (Lipinski definition) is 3. The van der Waals surface area contributed by atoms with Gasteiger partial charge in [-0.05, 0) is 46.2 Å². The molecule has 0 saturated heterocycles. The van der Waals surface area contributed by atoms with Crippen molar-refractivity contribution in [2.75, 3.05) is 5.32 Å². The zero-order valence-corrected chi connectivity index (χ0v) is 16.6. The number of carbonyl (C=O) groups is 2. The van der Waals surface area contributed by atoms with Crippen LogP contribution in [0.5, 0.6) is 0 Å². The average Bonchev–Trinajstić information content (AvgIpc) is 2.75. The van der Waals surface area contributed by atoms with E-state index in [2.05, 4.69) is 21.9 Å². The Balaban J connectivity index is 1.49. The van der Waals surface area contributed by atoms with E-state index in [4.69, 9.17) is 0 Å². The third-order valence-corrected chi connectivity index (χ3v) is 4.94. The van der Waals surface area contributed by atoms with Crippen LogP contribution >= 0.6 is 0 Å². The number of hydrogen-bond donors (Lipinski definition) is 2. The molecule has 0 fully saturated rings. The number of anilines is 1. The molecule has 0 atom stereocenters. The Bertz CT molecular complexity index is 1220. The molecular weight excluding hydrogens is 374 g/mol. The van der Waals surface area contributed by atoms with Crippen molar-refractivity contribution in [3.8, 4) is 0 Å². The van der Waals surface area contributed by atoms with Crippen LogP contribution < -0.4 is 10.7 Å². The van der Waals surface area contributed by atoms with E-state index in [-0.39, 0.29) is 12.3 Å². The lowest BCUT2D eigenvalue weighted by Gasteiger charge is -2.08. The number of benzene rings is 4. The van der Waals surface area contributed by atoms with Crippen molar-refractivity contribution < 1.29 is 9.59 Å². The highest BCUT2D eigenvalue weighted by Crippen LogP contribution is 2.27. The van der Waals surface area contributed by atoms with Crippen molar-refractivity contribution >= 4 is 45.3 Å². The molecule has 5 heteroatoms. The van der Waals surface area contributed by atoms with Crippen LogP contribution in [0.15, 0.2) is 84.0 Å². The summed E-state index contributed by atoms with van der Waals surface area (Å²) in [5.41, 5.74) is 5.02. The molecule has 5 nitrogen and oxygen atoms in total. The van der Waals surface area contributed by atoms with Gasteiger partial charge in [0.25, 0.3) is 0 Å². The quantitative estimate of drug-likeness (QED) is 0.221. The van der Waals surface area contributed by atoms with Crippen LogP contribution in [0.1, 0.15) is 17.5 Å². The Morgan fingerprint density at radius 3 is 2.10 bits per heavy atom. The van der Waals surface area contributed by atoms with Crippen molar-refractivity contribution in [1.82, 2.24) is 5.43 Å². The van der Waals surface area contributed by atoms with Gasteiger partial charge in [-0.1, -0.05) is 66.7 Å². The van der Waals surface area contributed by atoms with Gasteiger partial charge < -0.3 is 5.32 Å². The van der Waals surface area contributed by atoms with E-state index in [0.29, 0.717) is 5.69 Å². The fourth-order valence-electron chi connectivity index (χ4n) is 3.45. The predicted octanol–water partition coefficient (Wildman–Crippen LogP) is 4.78. The summed E-state index contributed by atoms with van der Waals surface area (Å²) in [6.07, 6.45) is 1.34. The zero-order valence-electron chi connectivity index (χ0n) is 16.6. The van der Waals surface area contributed by atoms with Gasteiger partial charge >= 0.3 is 0 Å². The Morgan fingerprint density at radius 1 is 0.833 bits per heavy atom. The van der Waals surface area contributed by atoms with Gasteiger partial charge in [0.1, 0.15) is 6.42 Å². The summed E-state index contributed by atoms with van der Waals surface area (Å²) in [6, 6.07) is 25.7. The van der Waals surface area contributed by atoms with Crippen LogP contribution in [0.3, 0.4) is 0 Å². The summed E-state index contributed by atoms with van der Waals surface area (Å²) in [4.78, 5) is 24.3. The smallest absolute Gasteiger partial charge is 0.249 e. The van der Waals surface area contributed by atoms with Gasteiger partial charge in [-0.2, -0.15) is 5.10 Å². The van der Waals surface area contributed by atoms with Gasteiger partial charge in [0, 0.05) is 11.3 Å². The number of amides is 2. The van der Waals surface area contributed by atoms with Gasteiger partial charge in [0.05, 0.1) is 6.21 Å². The molecule has 2 amide bonds. The number of carbonyl (C=O) groups excluding carboxylic acids is 2. The van der Waals surface area contributed by atoms with Gasteiger partial charge in [0.15, 0.2) is 0 Å². The Morgan fingerprint density at radius 2 is 1.43 bits per heavy atom. The van der Waals surface area contributed by atoms with Gasteiger partial charge in [-0.25, -0.2) is 5.43 Å². The van der Waals surface area contributed by atoms with Crippen LogP contribution in [-0.2, 0) is 9.59 Å². The minimum absolute atomic E-state index is 0.304. The highest BCUT2D eigenvalue weighted by atomic mass is 16.2. The minimum atomic E-state index is -0.470. The Labute approximate surface area is 174 Å². The summed E-state index contributed by atoms with van der Waals surface area (Å²) in [5.74, 6) is -0.852. The normalized spacial score (nSPS) is 11.1. The lowest BCUT2D eigenvalue weighted by atomic mass is 9.97. The second-order valence-corrected chi connectivity index (χ2v) is 7.07. The van der Waals surface area contributed by atoms with Crippen molar-refractivity contribution in [3.63, 3.8) is 0 Å². The minimum Gasteiger partial charge on any atom is -0.325 e.